The third-order valence-electron chi connectivity index (χ3n) is 5.34. The van der Waals surface area contributed by atoms with E-state index in [0.717, 1.165) is 35.4 Å². The average molecular weight is 378 g/mol. The van der Waals surface area contributed by atoms with E-state index in [1.54, 1.807) is 6.33 Å². The number of benzene rings is 1. The summed E-state index contributed by atoms with van der Waals surface area (Å²) in [6, 6.07) is 4.22. The molecule has 0 unspecified atom stereocenters. The van der Waals surface area contributed by atoms with Gasteiger partial charge in [-0.25, -0.2) is 4.98 Å². The van der Waals surface area contributed by atoms with Gasteiger partial charge in [0.05, 0.1) is 28.6 Å². The average Bonchev–Trinajstić information content (AvgIpc) is 3.41. The highest BCUT2D eigenvalue weighted by Crippen LogP contribution is 2.42. The van der Waals surface area contributed by atoms with Gasteiger partial charge in [-0.05, 0) is 50.6 Å². The van der Waals surface area contributed by atoms with E-state index >= 15 is 0 Å². The van der Waals surface area contributed by atoms with E-state index in [1.807, 2.05) is 39.6 Å². The third-order valence-corrected chi connectivity index (χ3v) is 5.34. The third kappa shape index (κ3) is 3.45. The number of likely N-dealkylation sites (N-methyl/N-ethyl adjacent to an activating group) is 2. The minimum Gasteiger partial charge on any atom is -0.373 e. The Morgan fingerprint density at radius 1 is 1.21 bits per heavy atom. The van der Waals surface area contributed by atoms with Crippen LogP contribution in [0.25, 0.3) is 22.2 Å². The first kappa shape index (κ1) is 18.4. The molecule has 1 aliphatic carbocycles. The Balaban J connectivity index is 1.87. The van der Waals surface area contributed by atoms with Crippen LogP contribution in [0, 0.1) is 0 Å². The highest BCUT2D eigenvalue weighted by atomic mass is 16.1. The first-order chi connectivity index (χ1) is 13.5. The summed E-state index contributed by atoms with van der Waals surface area (Å²) in [4.78, 5) is 28.5. The number of aromatic amines is 1. The van der Waals surface area contributed by atoms with Crippen molar-refractivity contribution >= 4 is 22.6 Å². The highest BCUT2D eigenvalue weighted by molar-refractivity contribution is 6.12. The van der Waals surface area contributed by atoms with Gasteiger partial charge in [0.25, 0.3) is 5.91 Å². The molecule has 1 aliphatic rings. The van der Waals surface area contributed by atoms with E-state index in [-0.39, 0.29) is 0 Å². The summed E-state index contributed by atoms with van der Waals surface area (Å²) < 4.78 is 0. The van der Waals surface area contributed by atoms with Crippen molar-refractivity contribution in [2.75, 3.05) is 39.1 Å². The Morgan fingerprint density at radius 2 is 2.00 bits per heavy atom. The van der Waals surface area contributed by atoms with Crippen LogP contribution in [0.2, 0.25) is 0 Å². The first-order valence-electron chi connectivity index (χ1n) is 9.56. The minimum absolute atomic E-state index is 0.461. The van der Waals surface area contributed by atoms with E-state index < -0.39 is 5.91 Å². The van der Waals surface area contributed by atoms with Crippen molar-refractivity contribution < 1.29 is 4.79 Å². The highest BCUT2D eigenvalue weighted by Gasteiger charge is 2.25. The quantitative estimate of drug-likeness (QED) is 0.659. The second kappa shape index (κ2) is 7.24. The Morgan fingerprint density at radius 3 is 2.68 bits per heavy atom. The van der Waals surface area contributed by atoms with Gasteiger partial charge in [0.1, 0.15) is 0 Å². The van der Waals surface area contributed by atoms with E-state index in [2.05, 4.69) is 30.8 Å². The molecule has 28 heavy (non-hydrogen) atoms. The first-order valence-corrected chi connectivity index (χ1v) is 9.56. The summed E-state index contributed by atoms with van der Waals surface area (Å²) >= 11 is 0. The van der Waals surface area contributed by atoms with Gasteiger partial charge in [-0.1, -0.05) is 0 Å². The molecule has 3 aromatic rings. The van der Waals surface area contributed by atoms with Crippen LogP contribution in [0.5, 0.6) is 0 Å². The number of nitrogens with two attached hydrogens (primary N) is 1. The molecule has 0 bridgehead atoms. The second-order valence-corrected chi connectivity index (χ2v) is 7.81. The van der Waals surface area contributed by atoms with Gasteiger partial charge < -0.3 is 20.5 Å². The molecular weight excluding hydrogens is 352 g/mol. The largest absolute Gasteiger partial charge is 0.373 e. The summed E-state index contributed by atoms with van der Waals surface area (Å²) in [5.41, 5.74) is 11.7. The molecule has 4 rings (SSSR count). The predicted molar refractivity (Wildman–Crippen MR) is 112 cm³/mol. The number of anilines is 1. The number of aromatic nitrogens is 3. The molecule has 0 aliphatic heterocycles. The molecule has 0 atom stereocenters. The number of rotatable bonds is 7. The van der Waals surface area contributed by atoms with Crippen molar-refractivity contribution in [3.8, 4) is 11.1 Å². The lowest BCUT2D eigenvalue weighted by Gasteiger charge is -2.24. The molecule has 7 heteroatoms. The van der Waals surface area contributed by atoms with Crippen molar-refractivity contribution in [1.29, 1.82) is 0 Å². The monoisotopic (exact) mass is 378 g/mol. The Kier molecular flexibility index (Phi) is 4.77. The summed E-state index contributed by atoms with van der Waals surface area (Å²) in [5.74, 6) is 0.159. The number of amides is 1. The van der Waals surface area contributed by atoms with Crippen LogP contribution in [0.1, 0.15) is 34.7 Å². The molecule has 0 spiro atoms. The van der Waals surface area contributed by atoms with Crippen molar-refractivity contribution in [1.82, 2.24) is 19.9 Å². The summed E-state index contributed by atoms with van der Waals surface area (Å²) in [6.07, 6.45) is 7.88. The van der Waals surface area contributed by atoms with Gasteiger partial charge in [0, 0.05) is 43.7 Å². The topological polar surface area (TPSA) is 91.1 Å². The van der Waals surface area contributed by atoms with Gasteiger partial charge in [-0.2, -0.15) is 0 Å². The number of primary amides is 1. The number of fused-ring (bicyclic) bond motifs is 1. The standard InChI is InChI=1S/C21H26N6O/c1-26(2)6-7-27(3)17-9-16(15-8-14(10-23-11-15)13-4-5-13)19-20(25-12-24-19)18(17)21(22)28/h8-13H,4-7H2,1-3H3,(H2,22,28)(H,24,25). The van der Waals surface area contributed by atoms with Crippen LogP contribution < -0.4 is 10.6 Å². The fraction of sp³-hybridized carbons (Fsp3) is 0.381. The number of imidazole rings is 1. The maximum atomic E-state index is 12.3. The lowest BCUT2D eigenvalue weighted by Crippen LogP contribution is -2.30. The van der Waals surface area contributed by atoms with Crippen molar-refractivity contribution in [2.45, 2.75) is 18.8 Å². The summed E-state index contributed by atoms with van der Waals surface area (Å²) in [6.45, 7) is 1.64. The van der Waals surface area contributed by atoms with E-state index in [1.165, 1.54) is 18.4 Å². The van der Waals surface area contributed by atoms with Crippen LogP contribution in [0.3, 0.4) is 0 Å². The Bertz CT molecular complexity index is 1020. The van der Waals surface area contributed by atoms with Crippen molar-refractivity contribution in [3.63, 3.8) is 0 Å². The van der Waals surface area contributed by atoms with Crippen LogP contribution in [-0.2, 0) is 0 Å². The van der Waals surface area contributed by atoms with Crippen molar-refractivity contribution in [3.05, 3.63) is 42.0 Å². The molecule has 1 aromatic carbocycles. The van der Waals surface area contributed by atoms with Gasteiger partial charge >= 0.3 is 0 Å². The lowest BCUT2D eigenvalue weighted by atomic mass is 9.98. The lowest BCUT2D eigenvalue weighted by molar-refractivity contribution is 0.100. The summed E-state index contributed by atoms with van der Waals surface area (Å²) in [5, 5.41) is 0. The number of H-pyrrole nitrogens is 1. The molecular formula is C21H26N6O. The molecule has 1 amide bonds. The maximum Gasteiger partial charge on any atom is 0.253 e. The van der Waals surface area contributed by atoms with Crippen LogP contribution in [-0.4, -0.2) is 60.0 Å². The van der Waals surface area contributed by atoms with Crippen LogP contribution >= 0.6 is 0 Å². The SMILES string of the molecule is CN(C)CCN(C)c1cc(-c2cncc(C3CC3)c2)c2nc[nH]c2c1C(N)=O. The van der Waals surface area contributed by atoms with Gasteiger partial charge in [0.2, 0.25) is 0 Å². The fourth-order valence-corrected chi connectivity index (χ4v) is 3.58. The molecule has 2 heterocycles. The minimum atomic E-state index is -0.461. The summed E-state index contributed by atoms with van der Waals surface area (Å²) in [7, 11) is 6.04. The van der Waals surface area contributed by atoms with E-state index in [0.29, 0.717) is 17.0 Å². The Labute approximate surface area is 164 Å². The zero-order valence-electron chi connectivity index (χ0n) is 16.6. The van der Waals surface area contributed by atoms with E-state index in [4.69, 9.17) is 5.73 Å². The fourth-order valence-electron chi connectivity index (χ4n) is 3.58. The van der Waals surface area contributed by atoms with Gasteiger partial charge in [-0.15, -0.1) is 0 Å². The van der Waals surface area contributed by atoms with Gasteiger partial charge in [0.15, 0.2) is 0 Å². The zero-order chi connectivity index (χ0) is 19.8. The molecule has 0 saturated heterocycles. The normalized spacial score (nSPS) is 14.0. The maximum absolute atomic E-state index is 12.3. The van der Waals surface area contributed by atoms with Gasteiger partial charge in [-0.3, -0.25) is 9.78 Å². The predicted octanol–water partition coefficient (Wildman–Crippen LogP) is 2.60. The van der Waals surface area contributed by atoms with Crippen LogP contribution in [0.4, 0.5) is 5.69 Å². The number of nitrogens with one attached hydrogen (secondary N) is 1. The number of nitrogens with zero attached hydrogens (tertiary/aromatic N) is 4. The molecule has 1 fully saturated rings. The smallest absolute Gasteiger partial charge is 0.253 e. The Hall–Kier alpha value is -2.93. The molecule has 146 valence electrons. The number of carbonyl (C=O) groups excluding carboxylic acids is 1. The van der Waals surface area contributed by atoms with E-state index in [9.17, 15) is 4.79 Å². The molecule has 2 aromatic heterocycles. The molecule has 3 N–H and O–H groups in total. The number of carbonyl (C=O) groups is 1. The number of hydrogen-bond donors (Lipinski definition) is 2. The number of hydrogen-bond acceptors (Lipinski definition) is 5. The second-order valence-electron chi connectivity index (χ2n) is 7.81. The van der Waals surface area contributed by atoms with Crippen molar-refractivity contribution in [2.24, 2.45) is 5.73 Å². The number of pyridine rings is 1. The van der Waals surface area contributed by atoms with Crippen LogP contribution in [0.15, 0.2) is 30.9 Å². The zero-order valence-corrected chi connectivity index (χ0v) is 16.6. The molecule has 0 radical (unpaired) electrons. The molecule has 7 nitrogen and oxygen atoms in total. The molecule has 1 saturated carbocycles.